The molecule has 0 fully saturated rings. The molecule has 214 valence electrons. The quantitative estimate of drug-likeness (QED) is 0.251. The number of aryl methyl sites for hydroxylation is 1. The molecule has 2 amide bonds. The highest BCUT2D eigenvalue weighted by molar-refractivity contribution is 5.85. The average Bonchev–Trinajstić information content (AvgIpc) is 3.27. The van der Waals surface area contributed by atoms with Crippen molar-refractivity contribution in [3.8, 4) is 11.8 Å². The first-order valence-electron chi connectivity index (χ1n) is 13.5. The molecule has 3 rings (SSSR count). The Hall–Kier alpha value is -4.33. The number of amides is 2. The van der Waals surface area contributed by atoms with E-state index in [1.54, 1.807) is 45.6 Å². The van der Waals surface area contributed by atoms with Gasteiger partial charge in [0.05, 0.1) is 17.3 Å². The van der Waals surface area contributed by atoms with Gasteiger partial charge in [-0.3, -0.25) is 14.4 Å². The van der Waals surface area contributed by atoms with E-state index in [1.807, 2.05) is 31.4 Å². The number of unbranched alkanes of at least 4 members (excludes halogenated alkanes) is 1. The third kappa shape index (κ3) is 8.86. The molecule has 0 spiro atoms. The van der Waals surface area contributed by atoms with E-state index in [2.05, 4.69) is 49.8 Å². The fourth-order valence-electron chi connectivity index (χ4n) is 3.63. The topological polar surface area (TPSA) is 126 Å². The highest BCUT2D eigenvalue weighted by atomic mass is 16.6. The van der Waals surface area contributed by atoms with Crippen LogP contribution in [0.15, 0.2) is 30.6 Å². The van der Waals surface area contributed by atoms with Gasteiger partial charge in [-0.2, -0.15) is 10.1 Å². The Labute approximate surface area is 236 Å². The molecule has 0 radical (unpaired) electrons. The molecule has 1 atom stereocenters. The molecule has 0 saturated heterocycles. The molecule has 3 aromatic rings. The number of ether oxygens (including phenoxy) is 1. The SMILES string of the molecule is CCCNc1nc(Nc2ccc3nn(C)cc3c2)ncc1C#CCCCNC(=O)[C@H](C)N(C)C(=O)OC(C)(C)C. The van der Waals surface area contributed by atoms with Gasteiger partial charge >= 0.3 is 6.09 Å². The smallest absolute Gasteiger partial charge is 0.410 e. The van der Waals surface area contributed by atoms with Crippen molar-refractivity contribution < 1.29 is 14.3 Å². The predicted molar refractivity (Wildman–Crippen MR) is 157 cm³/mol. The lowest BCUT2D eigenvalue weighted by molar-refractivity contribution is -0.125. The first-order valence-corrected chi connectivity index (χ1v) is 13.5. The second-order valence-electron chi connectivity index (χ2n) is 10.5. The predicted octanol–water partition coefficient (Wildman–Crippen LogP) is 4.43. The Morgan fingerprint density at radius 2 is 2.00 bits per heavy atom. The van der Waals surface area contributed by atoms with Crippen LogP contribution in [0, 0.1) is 11.8 Å². The number of nitrogens with zero attached hydrogens (tertiary/aromatic N) is 5. The number of likely N-dealkylation sites (N-methyl/N-ethyl adjacent to an activating group) is 1. The number of nitrogens with one attached hydrogen (secondary N) is 3. The summed E-state index contributed by atoms with van der Waals surface area (Å²) in [6.45, 7) is 10.3. The maximum absolute atomic E-state index is 12.5. The van der Waals surface area contributed by atoms with Crippen LogP contribution < -0.4 is 16.0 Å². The molecule has 11 heteroatoms. The number of rotatable bonds is 10. The number of carbonyl (C=O) groups is 2. The van der Waals surface area contributed by atoms with Crippen LogP contribution in [0.1, 0.15) is 59.4 Å². The van der Waals surface area contributed by atoms with Crippen LogP contribution >= 0.6 is 0 Å². The number of aromatic nitrogens is 4. The van der Waals surface area contributed by atoms with Crippen molar-refractivity contribution in [3.05, 3.63) is 36.2 Å². The van der Waals surface area contributed by atoms with Gasteiger partial charge < -0.3 is 20.7 Å². The Morgan fingerprint density at radius 1 is 1.23 bits per heavy atom. The van der Waals surface area contributed by atoms with Gasteiger partial charge in [0.2, 0.25) is 11.9 Å². The Morgan fingerprint density at radius 3 is 2.73 bits per heavy atom. The monoisotopic (exact) mass is 548 g/mol. The van der Waals surface area contributed by atoms with Gasteiger partial charge in [0.1, 0.15) is 17.5 Å². The molecule has 2 heterocycles. The molecule has 1 aromatic carbocycles. The lowest BCUT2D eigenvalue weighted by atomic mass is 10.2. The molecular formula is C29H40N8O3. The Bertz CT molecular complexity index is 1380. The zero-order valence-corrected chi connectivity index (χ0v) is 24.5. The fourth-order valence-corrected chi connectivity index (χ4v) is 3.63. The van der Waals surface area contributed by atoms with E-state index < -0.39 is 17.7 Å². The van der Waals surface area contributed by atoms with Gasteiger partial charge in [0.25, 0.3) is 0 Å². The first-order chi connectivity index (χ1) is 19.0. The lowest BCUT2D eigenvalue weighted by Crippen LogP contribution is -2.47. The largest absolute Gasteiger partial charge is 0.444 e. The van der Waals surface area contributed by atoms with Crippen molar-refractivity contribution in [1.29, 1.82) is 0 Å². The van der Waals surface area contributed by atoms with Crippen LogP contribution in [-0.2, 0) is 16.6 Å². The molecule has 0 unspecified atom stereocenters. The van der Waals surface area contributed by atoms with Crippen molar-refractivity contribution in [1.82, 2.24) is 30.0 Å². The molecule has 0 aliphatic heterocycles. The highest BCUT2D eigenvalue weighted by Gasteiger charge is 2.26. The number of anilines is 3. The molecule has 0 aliphatic rings. The van der Waals surface area contributed by atoms with Crippen LogP contribution in [0.3, 0.4) is 0 Å². The molecule has 40 heavy (non-hydrogen) atoms. The summed E-state index contributed by atoms with van der Waals surface area (Å²) in [5.41, 5.74) is 1.88. The molecule has 0 bridgehead atoms. The summed E-state index contributed by atoms with van der Waals surface area (Å²) < 4.78 is 7.11. The van der Waals surface area contributed by atoms with Crippen molar-refractivity contribution >= 4 is 40.4 Å². The van der Waals surface area contributed by atoms with Crippen molar-refractivity contribution in [2.24, 2.45) is 7.05 Å². The Kier molecular flexibility index (Phi) is 10.3. The summed E-state index contributed by atoms with van der Waals surface area (Å²) in [6, 6.07) is 5.26. The van der Waals surface area contributed by atoms with E-state index in [9.17, 15) is 9.59 Å². The van der Waals surface area contributed by atoms with Crippen molar-refractivity contribution in [3.63, 3.8) is 0 Å². The highest BCUT2D eigenvalue weighted by Crippen LogP contribution is 2.21. The number of carbonyl (C=O) groups excluding carboxylic acids is 2. The van der Waals surface area contributed by atoms with Crippen LogP contribution in [0.25, 0.3) is 10.9 Å². The summed E-state index contributed by atoms with van der Waals surface area (Å²) in [7, 11) is 3.45. The second kappa shape index (κ2) is 13.6. The van der Waals surface area contributed by atoms with Gasteiger partial charge in [-0.05, 0) is 58.7 Å². The maximum Gasteiger partial charge on any atom is 0.410 e. The van der Waals surface area contributed by atoms with Gasteiger partial charge in [-0.1, -0.05) is 18.8 Å². The third-order valence-electron chi connectivity index (χ3n) is 5.85. The van der Waals surface area contributed by atoms with E-state index in [0.29, 0.717) is 36.7 Å². The molecule has 2 aromatic heterocycles. The van der Waals surface area contributed by atoms with E-state index in [-0.39, 0.29) is 5.91 Å². The average molecular weight is 549 g/mol. The zero-order valence-electron chi connectivity index (χ0n) is 24.5. The molecule has 3 N–H and O–H groups in total. The van der Waals surface area contributed by atoms with Crippen LogP contribution in [-0.4, -0.2) is 68.4 Å². The van der Waals surface area contributed by atoms with Crippen molar-refractivity contribution in [2.75, 3.05) is 30.8 Å². The third-order valence-corrected chi connectivity index (χ3v) is 5.85. The first kappa shape index (κ1) is 30.2. The van der Waals surface area contributed by atoms with Gasteiger partial charge in [0.15, 0.2) is 0 Å². The van der Waals surface area contributed by atoms with Crippen LogP contribution in [0.2, 0.25) is 0 Å². The Balaban J connectivity index is 1.54. The van der Waals surface area contributed by atoms with Crippen LogP contribution in [0.5, 0.6) is 0 Å². The number of fused-ring (bicyclic) bond motifs is 1. The lowest BCUT2D eigenvalue weighted by Gasteiger charge is -2.28. The minimum Gasteiger partial charge on any atom is -0.444 e. The standard InChI is InChI=1S/C29H40N8O3/c1-8-15-30-25-21(18-32-27(34-25)33-23-13-14-24-22(17-23)19-36(6)35-24)12-10-9-11-16-31-26(38)20(2)37(7)28(39)40-29(3,4)5/h13-14,17-20H,8-9,11,15-16H2,1-7H3,(H,31,38)(H2,30,32,33,34)/t20-/m0/s1. The maximum atomic E-state index is 12.5. The summed E-state index contributed by atoms with van der Waals surface area (Å²) >= 11 is 0. The van der Waals surface area contributed by atoms with Gasteiger partial charge in [-0.15, -0.1) is 0 Å². The minimum absolute atomic E-state index is 0.244. The summed E-state index contributed by atoms with van der Waals surface area (Å²) in [5, 5.41) is 14.9. The van der Waals surface area contributed by atoms with Crippen molar-refractivity contribution in [2.45, 2.75) is 65.5 Å². The normalized spacial score (nSPS) is 11.8. The van der Waals surface area contributed by atoms with Crippen LogP contribution in [0.4, 0.5) is 22.2 Å². The van der Waals surface area contributed by atoms with E-state index in [0.717, 1.165) is 29.6 Å². The second-order valence-corrected chi connectivity index (χ2v) is 10.5. The van der Waals surface area contributed by atoms with E-state index in [4.69, 9.17) is 4.74 Å². The summed E-state index contributed by atoms with van der Waals surface area (Å²) in [4.78, 5) is 35.0. The fraction of sp³-hybridized carbons (Fsp3) is 0.483. The summed E-state index contributed by atoms with van der Waals surface area (Å²) in [6.07, 6.45) is 5.32. The molecular weight excluding hydrogens is 508 g/mol. The number of benzene rings is 1. The van der Waals surface area contributed by atoms with E-state index >= 15 is 0 Å². The van der Waals surface area contributed by atoms with Gasteiger partial charge in [0, 0.05) is 50.9 Å². The molecule has 0 saturated carbocycles. The van der Waals surface area contributed by atoms with E-state index in [1.165, 1.54) is 4.90 Å². The zero-order chi connectivity index (χ0) is 29.3. The number of hydrogen-bond donors (Lipinski definition) is 3. The molecule has 11 nitrogen and oxygen atoms in total. The minimum atomic E-state index is -0.649. The number of hydrogen-bond acceptors (Lipinski definition) is 8. The van der Waals surface area contributed by atoms with Gasteiger partial charge in [-0.25, -0.2) is 9.78 Å². The molecule has 0 aliphatic carbocycles. The summed E-state index contributed by atoms with van der Waals surface area (Å²) in [5.74, 6) is 7.19.